The Morgan fingerprint density at radius 1 is 1.14 bits per heavy atom. The number of hydrogen-bond acceptors (Lipinski definition) is 4. The molecular formula is C21H21FN4O3. The second kappa shape index (κ2) is 7.83. The number of amides is 2. The molecule has 1 aliphatic rings. The number of carbonyl (C=O) groups is 1. The standard InChI is InChI=1S/C21H21FN4O3/c1-13(14-6-7-17-18(11-14)29-12-28-17)24-21(27)25-19(20-23-8-9-26(20)2)15-4-3-5-16(22)10-15/h3-11,13,19H,12H2,1-2H3,(H2,24,25,27)/t13-,19-/m1/s1. The SMILES string of the molecule is C[C@@H](NC(=O)N[C@H](c1cccc(F)c1)c1nccn1C)c1ccc2c(c1)OCO2. The zero-order valence-corrected chi connectivity index (χ0v) is 16.1. The van der Waals surface area contributed by atoms with E-state index in [1.807, 2.05) is 32.2 Å². The fourth-order valence-electron chi connectivity index (χ4n) is 3.27. The van der Waals surface area contributed by atoms with Gasteiger partial charge >= 0.3 is 6.03 Å². The summed E-state index contributed by atoms with van der Waals surface area (Å²) in [7, 11) is 1.82. The molecule has 8 heteroatoms. The average molecular weight is 396 g/mol. The number of nitrogens with one attached hydrogen (secondary N) is 2. The summed E-state index contributed by atoms with van der Waals surface area (Å²) < 4.78 is 26.3. The Balaban J connectivity index is 1.51. The summed E-state index contributed by atoms with van der Waals surface area (Å²) in [5.74, 6) is 1.56. The van der Waals surface area contributed by atoms with Crippen LogP contribution in [0.15, 0.2) is 54.9 Å². The summed E-state index contributed by atoms with van der Waals surface area (Å²) in [6.07, 6.45) is 3.41. The molecule has 0 saturated heterocycles. The first kappa shape index (κ1) is 18.8. The van der Waals surface area contributed by atoms with Crippen molar-refractivity contribution >= 4 is 6.03 Å². The highest BCUT2D eigenvalue weighted by Gasteiger charge is 2.23. The number of ether oxygens (including phenoxy) is 2. The maximum absolute atomic E-state index is 13.8. The van der Waals surface area contributed by atoms with Crippen molar-refractivity contribution < 1.29 is 18.7 Å². The van der Waals surface area contributed by atoms with Gasteiger partial charge in [-0.25, -0.2) is 14.2 Å². The molecule has 0 radical (unpaired) electrons. The maximum Gasteiger partial charge on any atom is 0.316 e. The molecule has 1 aromatic heterocycles. The van der Waals surface area contributed by atoms with Gasteiger partial charge in [0.1, 0.15) is 17.7 Å². The van der Waals surface area contributed by atoms with Crippen molar-refractivity contribution in [1.29, 1.82) is 0 Å². The summed E-state index contributed by atoms with van der Waals surface area (Å²) >= 11 is 0. The molecular weight excluding hydrogens is 375 g/mol. The first-order chi connectivity index (χ1) is 14.0. The number of fused-ring (bicyclic) bond motifs is 1. The molecule has 0 fully saturated rings. The van der Waals surface area contributed by atoms with Crippen LogP contribution in [0.2, 0.25) is 0 Å². The smallest absolute Gasteiger partial charge is 0.316 e. The lowest BCUT2D eigenvalue weighted by Crippen LogP contribution is -2.40. The molecule has 2 heterocycles. The van der Waals surface area contributed by atoms with Gasteiger partial charge < -0.3 is 24.7 Å². The second-order valence-corrected chi connectivity index (χ2v) is 6.84. The molecule has 0 saturated carbocycles. The van der Waals surface area contributed by atoms with Crippen LogP contribution in [0.3, 0.4) is 0 Å². The topological polar surface area (TPSA) is 77.4 Å². The van der Waals surface area contributed by atoms with E-state index in [9.17, 15) is 9.18 Å². The van der Waals surface area contributed by atoms with Gasteiger partial charge in [-0.15, -0.1) is 0 Å². The number of carbonyl (C=O) groups excluding carboxylic acids is 1. The number of urea groups is 1. The first-order valence-electron chi connectivity index (χ1n) is 9.20. The third-order valence-electron chi connectivity index (χ3n) is 4.82. The van der Waals surface area contributed by atoms with Gasteiger partial charge in [-0.05, 0) is 42.3 Å². The van der Waals surface area contributed by atoms with Gasteiger partial charge in [0.2, 0.25) is 6.79 Å². The van der Waals surface area contributed by atoms with Crippen molar-refractivity contribution in [2.45, 2.75) is 19.0 Å². The third kappa shape index (κ3) is 4.01. The van der Waals surface area contributed by atoms with E-state index in [2.05, 4.69) is 15.6 Å². The van der Waals surface area contributed by atoms with Crippen molar-refractivity contribution in [3.63, 3.8) is 0 Å². The predicted molar refractivity (Wildman–Crippen MR) is 104 cm³/mol. The molecule has 4 rings (SSSR count). The number of imidazole rings is 1. The molecule has 2 amide bonds. The van der Waals surface area contributed by atoms with Crippen molar-refractivity contribution in [2.24, 2.45) is 7.05 Å². The molecule has 150 valence electrons. The Kier molecular flexibility index (Phi) is 5.07. The zero-order valence-electron chi connectivity index (χ0n) is 16.1. The Hall–Kier alpha value is -3.55. The predicted octanol–water partition coefficient (Wildman–Crippen LogP) is 3.44. The Morgan fingerprint density at radius 3 is 2.72 bits per heavy atom. The normalized spacial score (nSPS) is 14.3. The number of aromatic nitrogens is 2. The van der Waals surface area contributed by atoms with E-state index in [-0.39, 0.29) is 18.7 Å². The van der Waals surface area contributed by atoms with Crippen LogP contribution in [0.1, 0.15) is 36.0 Å². The lowest BCUT2D eigenvalue weighted by atomic mass is 10.1. The molecule has 0 spiro atoms. The number of benzene rings is 2. The number of halogens is 1. The van der Waals surface area contributed by atoms with Crippen LogP contribution in [0.25, 0.3) is 0 Å². The van der Waals surface area contributed by atoms with Gasteiger partial charge in [-0.3, -0.25) is 0 Å². The minimum atomic E-state index is -0.602. The van der Waals surface area contributed by atoms with Gasteiger partial charge in [0.25, 0.3) is 0 Å². The largest absolute Gasteiger partial charge is 0.454 e. The van der Waals surface area contributed by atoms with Crippen LogP contribution >= 0.6 is 0 Å². The molecule has 0 unspecified atom stereocenters. The van der Waals surface area contributed by atoms with Crippen LogP contribution in [0.4, 0.5) is 9.18 Å². The Bertz CT molecular complexity index is 1040. The Labute approximate surface area is 167 Å². The number of hydrogen-bond donors (Lipinski definition) is 2. The van der Waals surface area contributed by atoms with E-state index >= 15 is 0 Å². The van der Waals surface area contributed by atoms with Gasteiger partial charge in [-0.1, -0.05) is 18.2 Å². The fraction of sp³-hybridized carbons (Fsp3) is 0.238. The lowest BCUT2D eigenvalue weighted by Gasteiger charge is -2.22. The minimum absolute atomic E-state index is 0.195. The molecule has 2 N–H and O–H groups in total. The van der Waals surface area contributed by atoms with Crippen LogP contribution in [-0.4, -0.2) is 22.4 Å². The third-order valence-corrected chi connectivity index (χ3v) is 4.82. The van der Waals surface area contributed by atoms with Crippen LogP contribution in [-0.2, 0) is 7.05 Å². The first-order valence-corrected chi connectivity index (χ1v) is 9.20. The van der Waals surface area contributed by atoms with Gasteiger partial charge in [0.15, 0.2) is 11.5 Å². The van der Waals surface area contributed by atoms with Crippen molar-refractivity contribution in [2.75, 3.05) is 6.79 Å². The van der Waals surface area contributed by atoms with Crippen molar-refractivity contribution in [1.82, 2.24) is 20.2 Å². The molecule has 0 bridgehead atoms. The molecule has 1 aliphatic heterocycles. The van der Waals surface area contributed by atoms with Crippen LogP contribution < -0.4 is 20.1 Å². The molecule has 0 aliphatic carbocycles. The van der Waals surface area contributed by atoms with E-state index in [0.29, 0.717) is 22.9 Å². The van der Waals surface area contributed by atoms with Crippen molar-refractivity contribution in [3.05, 3.63) is 77.6 Å². The fourth-order valence-corrected chi connectivity index (χ4v) is 3.27. The van der Waals surface area contributed by atoms with E-state index in [0.717, 1.165) is 5.56 Å². The number of rotatable bonds is 5. The summed E-state index contributed by atoms with van der Waals surface area (Å²) in [6, 6.07) is 10.4. The number of aryl methyl sites for hydroxylation is 1. The lowest BCUT2D eigenvalue weighted by molar-refractivity contribution is 0.174. The van der Waals surface area contributed by atoms with E-state index in [1.165, 1.54) is 12.1 Å². The summed E-state index contributed by atoms with van der Waals surface area (Å²) in [4.78, 5) is 17.0. The van der Waals surface area contributed by atoms with E-state index in [4.69, 9.17) is 9.47 Å². The molecule has 2 aromatic carbocycles. The zero-order chi connectivity index (χ0) is 20.4. The maximum atomic E-state index is 13.8. The highest BCUT2D eigenvalue weighted by Crippen LogP contribution is 2.34. The average Bonchev–Trinajstić information content (AvgIpc) is 3.34. The summed E-state index contributed by atoms with van der Waals surface area (Å²) in [6.45, 7) is 2.06. The van der Waals surface area contributed by atoms with Gasteiger partial charge in [-0.2, -0.15) is 0 Å². The van der Waals surface area contributed by atoms with Crippen molar-refractivity contribution in [3.8, 4) is 11.5 Å². The van der Waals surface area contributed by atoms with Gasteiger partial charge in [0.05, 0.1) is 6.04 Å². The molecule has 2 atom stereocenters. The van der Waals surface area contributed by atoms with E-state index < -0.39 is 12.1 Å². The van der Waals surface area contributed by atoms with E-state index in [1.54, 1.807) is 29.1 Å². The minimum Gasteiger partial charge on any atom is -0.454 e. The van der Waals surface area contributed by atoms with Crippen LogP contribution in [0, 0.1) is 5.82 Å². The number of nitrogens with zero attached hydrogens (tertiary/aromatic N) is 2. The molecule has 3 aromatic rings. The van der Waals surface area contributed by atoms with Gasteiger partial charge in [0, 0.05) is 19.4 Å². The monoisotopic (exact) mass is 396 g/mol. The quantitative estimate of drug-likeness (QED) is 0.693. The van der Waals surface area contributed by atoms with Crippen LogP contribution in [0.5, 0.6) is 11.5 Å². The highest BCUT2D eigenvalue weighted by atomic mass is 19.1. The summed E-state index contributed by atoms with van der Waals surface area (Å²) in [5, 5.41) is 5.81. The molecule has 7 nitrogen and oxygen atoms in total. The highest BCUT2D eigenvalue weighted by molar-refractivity contribution is 5.75. The second-order valence-electron chi connectivity index (χ2n) is 6.84. The summed E-state index contributed by atoms with van der Waals surface area (Å²) in [5.41, 5.74) is 1.48. The molecule has 29 heavy (non-hydrogen) atoms. The Morgan fingerprint density at radius 2 is 1.97 bits per heavy atom.